The van der Waals surface area contributed by atoms with Gasteiger partial charge in [0.15, 0.2) is 0 Å². The van der Waals surface area contributed by atoms with Crippen molar-refractivity contribution in [3.63, 3.8) is 0 Å². The molecule has 0 radical (unpaired) electrons. The van der Waals surface area contributed by atoms with E-state index in [9.17, 15) is 0 Å². The monoisotopic (exact) mass is 380 g/mol. The van der Waals surface area contributed by atoms with Crippen LogP contribution in [0.3, 0.4) is 0 Å². The smallest absolute Gasteiger partial charge is 0.0534 e. The number of hydrogen-bond acceptors (Lipinski definition) is 1. The first-order chi connectivity index (χ1) is 14.1. The summed E-state index contributed by atoms with van der Waals surface area (Å²) in [4.78, 5) is 4.01. The zero-order valence-corrected chi connectivity index (χ0v) is 17.6. The fourth-order valence-corrected chi connectivity index (χ4v) is 3.11. The second-order valence-corrected chi connectivity index (χ2v) is 7.21. The lowest BCUT2D eigenvalue weighted by molar-refractivity contribution is 1.13. The highest BCUT2D eigenvalue weighted by atomic mass is 15.0. The van der Waals surface area contributed by atoms with E-state index >= 15 is 0 Å². The molecule has 0 aliphatic heterocycles. The topological polar surface area (TPSA) is 17.3 Å². The Morgan fingerprint density at radius 3 is 2.10 bits per heavy atom. The van der Waals surface area contributed by atoms with Gasteiger partial charge in [0.05, 0.1) is 5.52 Å². The summed E-state index contributed by atoms with van der Waals surface area (Å²) in [5.74, 6) is 0. The van der Waals surface area contributed by atoms with Crippen LogP contribution in [0.5, 0.6) is 0 Å². The molecule has 0 unspecified atom stereocenters. The van der Waals surface area contributed by atoms with Crippen molar-refractivity contribution < 1.29 is 0 Å². The van der Waals surface area contributed by atoms with Crippen LogP contribution in [0.1, 0.15) is 23.6 Å². The molecule has 1 heterocycles. The fourth-order valence-electron chi connectivity index (χ4n) is 3.11. The number of fused-ring (bicyclic) bond motifs is 1. The van der Waals surface area contributed by atoms with E-state index in [-0.39, 0.29) is 0 Å². The highest BCUT2D eigenvalue weighted by Gasteiger charge is 2.04. The first-order valence-corrected chi connectivity index (χ1v) is 9.87. The molecule has 2 heteroatoms. The summed E-state index contributed by atoms with van der Waals surface area (Å²) in [6.07, 6.45) is 5.99. The minimum atomic E-state index is 1.18. The van der Waals surface area contributed by atoms with Gasteiger partial charge in [0, 0.05) is 25.1 Å². The van der Waals surface area contributed by atoms with E-state index in [1.54, 1.807) is 7.05 Å². The number of para-hydroxylation sites is 1. The first-order valence-electron chi connectivity index (χ1n) is 9.87. The van der Waals surface area contributed by atoms with Gasteiger partial charge in [-0.15, -0.1) is 0 Å². The molecular formula is C27H28N2. The maximum absolute atomic E-state index is 4.01. The van der Waals surface area contributed by atoms with Crippen molar-refractivity contribution in [3.8, 4) is 5.69 Å². The van der Waals surface area contributed by atoms with Crippen molar-refractivity contribution in [1.29, 1.82) is 0 Å². The van der Waals surface area contributed by atoms with Gasteiger partial charge in [-0.1, -0.05) is 65.7 Å². The van der Waals surface area contributed by atoms with E-state index in [1.807, 2.05) is 18.4 Å². The van der Waals surface area contributed by atoms with Crippen LogP contribution in [0.25, 0.3) is 22.2 Å². The Morgan fingerprint density at radius 1 is 0.828 bits per heavy atom. The molecule has 3 aromatic carbocycles. The molecule has 2 nitrogen and oxygen atoms in total. The number of nitrogens with zero attached hydrogens (tertiary/aromatic N) is 2. The molecule has 0 bridgehead atoms. The van der Waals surface area contributed by atoms with Gasteiger partial charge in [-0.2, -0.15) is 0 Å². The molecule has 0 atom stereocenters. The van der Waals surface area contributed by atoms with Gasteiger partial charge < -0.3 is 4.57 Å². The van der Waals surface area contributed by atoms with Crippen LogP contribution in [0.15, 0.2) is 96.1 Å². The molecule has 0 spiro atoms. The summed E-state index contributed by atoms with van der Waals surface area (Å²) >= 11 is 0. The van der Waals surface area contributed by atoms with Crippen LogP contribution >= 0.6 is 0 Å². The quantitative estimate of drug-likeness (QED) is 0.339. The van der Waals surface area contributed by atoms with Crippen molar-refractivity contribution in [2.45, 2.75) is 20.8 Å². The Balaban J connectivity index is 0.000000252. The van der Waals surface area contributed by atoms with Crippen molar-refractivity contribution >= 4 is 22.7 Å². The Labute approximate surface area is 173 Å². The molecule has 29 heavy (non-hydrogen) atoms. The van der Waals surface area contributed by atoms with Crippen LogP contribution in [-0.2, 0) is 0 Å². The molecular weight excluding hydrogens is 352 g/mol. The molecule has 0 saturated carbocycles. The standard InChI is InChI=1S/C19H18N2.C8H10/c1-15(10-12-20-2)17-9-8-16-11-13-21(19(16)14-17)18-6-4-3-5-7-18;1-7-3-5-8(2)6-4-7/h3-14H,1-2H3;3-6H,1-2H3/b15-10+,20-12?;. The van der Waals surface area contributed by atoms with Gasteiger partial charge in [-0.25, -0.2) is 0 Å². The zero-order chi connectivity index (χ0) is 20.6. The molecule has 146 valence electrons. The Kier molecular flexibility index (Phi) is 6.80. The number of aryl methyl sites for hydroxylation is 2. The number of aromatic nitrogens is 1. The maximum atomic E-state index is 4.01. The van der Waals surface area contributed by atoms with Crippen LogP contribution in [0, 0.1) is 13.8 Å². The summed E-state index contributed by atoms with van der Waals surface area (Å²) in [5, 5.41) is 1.25. The molecule has 0 N–H and O–H groups in total. The summed E-state index contributed by atoms with van der Waals surface area (Å²) in [6.45, 7) is 6.30. The molecule has 0 saturated heterocycles. The van der Waals surface area contributed by atoms with Crippen molar-refractivity contribution in [3.05, 3.63) is 108 Å². The highest BCUT2D eigenvalue weighted by Crippen LogP contribution is 2.24. The summed E-state index contributed by atoms with van der Waals surface area (Å²) in [5.41, 5.74) is 7.49. The number of hydrogen-bond donors (Lipinski definition) is 0. The van der Waals surface area contributed by atoms with Gasteiger partial charge in [0.1, 0.15) is 0 Å². The van der Waals surface area contributed by atoms with E-state index in [0.717, 1.165) is 0 Å². The van der Waals surface area contributed by atoms with Gasteiger partial charge >= 0.3 is 0 Å². The van der Waals surface area contributed by atoms with Crippen molar-refractivity contribution in [2.24, 2.45) is 4.99 Å². The fraction of sp³-hybridized carbons (Fsp3) is 0.148. The average molecular weight is 381 g/mol. The van der Waals surface area contributed by atoms with E-state index in [0.29, 0.717) is 0 Å². The molecule has 0 aliphatic carbocycles. The third-order valence-corrected chi connectivity index (χ3v) is 4.87. The predicted molar refractivity (Wildman–Crippen MR) is 127 cm³/mol. The highest BCUT2D eigenvalue weighted by molar-refractivity contribution is 5.89. The lowest BCUT2D eigenvalue weighted by Crippen LogP contribution is -1.91. The summed E-state index contributed by atoms with van der Waals surface area (Å²) < 4.78 is 2.22. The number of aliphatic imine (C=N–C) groups is 1. The van der Waals surface area contributed by atoms with Crippen LogP contribution in [0.2, 0.25) is 0 Å². The van der Waals surface area contributed by atoms with Crippen LogP contribution < -0.4 is 0 Å². The van der Waals surface area contributed by atoms with Crippen molar-refractivity contribution in [1.82, 2.24) is 4.57 Å². The SMILES string of the molecule is CN=C/C=C(\C)c1ccc2ccn(-c3ccccc3)c2c1.Cc1ccc(C)cc1. The van der Waals surface area contributed by atoms with E-state index < -0.39 is 0 Å². The molecule has 4 aromatic rings. The zero-order valence-electron chi connectivity index (χ0n) is 17.6. The van der Waals surface area contributed by atoms with Crippen molar-refractivity contribution in [2.75, 3.05) is 7.05 Å². The Morgan fingerprint density at radius 2 is 1.48 bits per heavy atom. The van der Waals surface area contributed by atoms with Gasteiger partial charge in [-0.3, -0.25) is 4.99 Å². The number of rotatable bonds is 3. The third kappa shape index (κ3) is 5.32. The second kappa shape index (κ2) is 9.70. The minimum Gasteiger partial charge on any atom is -0.317 e. The molecule has 4 rings (SSSR count). The van der Waals surface area contributed by atoms with E-state index in [4.69, 9.17) is 0 Å². The molecule has 0 aliphatic rings. The molecule has 0 amide bonds. The Hall–Kier alpha value is -3.39. The second-order valence-electron chi connectivity index (χ2n) is 7.21. The Bertz CT molecular complexity index is 1090. The van der Waals surface area contributed by atoms with Gasteiger partial charge in [0.25, 0.3) is 0 Å². The summed E-state index contributed by atoms with van der Waals surface area (Å²) in [7, 11) is 1.79. The number of allylic oxidation sites excluding steroid dienone is 2. The molecule has 1 aromatic heterocycles. The van der Waals surface area contributed by atoms with Crippen LogP contribution in [0.4, 0.5) is 0 Å². The third-order valence-electron chi connectivity index (χ3n) is 4.87. The molecule has 0 fully saturated rings. The summed E-state index contributed by atoms with van der Waals surface area (Å²) in [6, 6.07) is 27.6. The lowest BCUT2D eigenvalue weighted by atomic mass is 10.1. The largest absolute Gasteiger partial charge is 0.317 e. The lowest BCUT2D eigenvalue weighted by Gasteiger charge is -2.07. The number of benzene rings is 3. The van der Waals surface area contributed by atoms with E-state index in [1.165, 1.54) is 38.9 Å². The maximum Gasteiger partial charge on any atom is 0.0534 e. The van der Waals surface area contributed by atoms with Gasteiger partial charge in [-0.05, 0) is 67.6 Å². The minimum absolute atomic E-state index is 1.18. The normalized spacial score (nSPS) is 11.5. The predicted octanol–water partition coefficient (Wildman–Crippen LogP) is 7.04. The first kappa shape index (κ1) is 20.3. The van der Waals surface area contributed by atoms with E-state index in [2.05, 4.69) is 109 Å². The van der Waals surface area contributed by atoms with Gasteiger partial charge in [0.2, 0.25) is 0 Å². The van der Waals surface area contributed by atoms with Crippen LogP contribution in [-0.4, -0.2) is 17.8 Å². The average Bonchev–Trinajstić information content (AvgIpc) is 3.18.